The molecule has 2 aromatic rings. The van der Waals surface area contributed by atoms with Gasteiger partial charge in [0.05, 0.1) is 6.20 Å². The number of hydrogen-bond donors (Lipinski definition) is 2. The molecule has 2 unspecified atom stereocenters. The van der Waals surface area contributed by atoms with Crippen LogP contribution in [0.2, 0.25) is 0 Å². The Bertz CT molecular complexity index is 568. The SMILES string of the molecule is CC1CC(C)CN(c2nc(NN)cn3ccnc23)C1. The molecular weight excluding hydrogens is 240 g/mol. The molecule has 0 radical (unpaired) electrons. The summed E-state index contributed by atoms with van der Waals surface area (Å²) in [5.74, 6) is 8.42. The third-order valence-corrected chi connectivity index (χ3v) is 3.67. The maximum Gasteiger partial charge on any atom is 0.180 e. The van der Waals surface area contributed by atoms with Gasteiger partial charge < -0.3 is 14.7 Å². The number of imidazole rings is 1. The minimum atomic E-state index is 0.659. The second-order valence-electron chi connectivity index (χ2n) is 5.60. The number of anilines is 2. The molecule has 0 spiro atoms. The van der Waals surface area contributed by atoms with Crippen LogP contribution in [0.25, 0.3) is 5.65 Å². The Morgan fingerprint density at radius 3 is 2.74 bits per heavy atom. The highest BCUT2D eigenvalue weighted by Crippen LogP contribution is 2.28. The van der Waals surface area contributed by atoms with E-state index in [2.05, 4.69) is 34.1 Å². The normalized spacial score (nSPS) is 23.8. The number of piperidine rings is 1. The van der Waals surface area contributed by atoms with Crippen molar-refractivity contribution in [3.05, 3.63) is 18.6 Å². The minimum Gasteiger partial charge on any atom is -0.353 e. The van der Waals surface area contributed by atoms with Crippen molar-refractivity contribution < 1.29 is 0 Å². The summed E-state index contributed by atoms with van der Waals surface area (Å²) in [6.45, 7) is 6.62. The van der Waals surface area contributed by atoms with Crippen molar-refractivity contribution in [2.75, 3.05) is 23.4 Å². The number of nitrogen functional groups attached to an aromatic ring is 1. The Kier molecular flexibility index (Phi) is 3.02. The summed E-state index contributed by atoms with van der Waals surface area (Å²) in [6, 6.07) is 0. The van der Waals surface area contributed by atoms with Gasteiger partial charge in [0.2, 0.25) is 0 Å². The zero-order valence-electron chi connectivity index (χ0n) is 11.4. The maximum absolute atomic E-state index is 5.50. The Labute approximate surface area is 112 Å². The molecular formula is C13H20N6. The summed E-state index contributed by atoms with van der Waals surface area (Å²) in [7, 11) is 0. The molecule has 2 atom stereocenters. The molecule has 0 saturated carbocycles. The Morgan fingerprint density at radius 2 is 2.05 bits per heavy atom. The largest absolute Gasteiger partial charge is 0.353 e. The molecule has 0 amide bonds. The fourth-order valence-corrected chi connectivity index (χ4v) is 3.03. The molecule has 2 aromatic heterocycles. The lowest BCUT2D eigenvalue weighted by Gasteiger charge is -2.35. The van der Waals surface area contributed by atoms with Gasteiger partial charge in [-0.15, -0.1) is 0 Å². The van der Waals surface area contributed by atoms with Crippen molar-refractivity contribution in [1.82, 2.24) is 14.4 Å². The minimum absolute atomic E-state index is 0.659. The summed E-state index contributed by atoms with van der Waals surface area (Å²) >= 11 is 0. The Morgan fingerprint density at radius 1 is 1.32 bits per heavy atom. The van der Waals surface area contributed by atoms with Gasteiger partial charge in [0.25, 0.3) is 0 Å². The van der Waals surface area contributed by atoms with Gasteiger partial charge in [0, 0.05) is 25.5 Å². The molecule has 6 nitrogen and oxygen atoms in total. The van der Waals surface area contributed by atoms with E-state index in [0.29, 0.717) is 17.7 Å². The number of aromatic nitrogens is 3. The van der Waals surface area contributed by atoms with Crippen LogP contribution in [-0.4, -0.2) is 27.5 Å². The first-order valence-electron chi connectivity index (χ1n) is 6.72. The first-order chi connectivity index (χ1) is 9.17. The number of nitrogens with two attached hydrogens (primary N) is 1. The van der Waals surface area contributed by atoms with Crippen LogP contribution in [-0.2, 0) is 0 Å². The molecule has 19 heavy (non-hydrogen) atoms. The van der Waals surface area contributed by atoms with Gasteiger partial charge in [-0.2, -0.15) is 0 Å². The van der Waals surface area contributed by atoms with Crippen LogP contribution >= 0.6 is 0 Å². The maximum atomic E-state index is 5.50. The van der Waals surface area contributed by atoms with E-state index in [-0.39, 0.29) is 0 Å². The van der Waals surface area contributed by atoms with Crippen LogP contribution in [0, 0.1) is 11.8 Å². The summed E-state index contributed by atoms with van der Waals surface area (Å²) in [4.78, 5) is 11.3. The number of nitrogens with one attached hydrogen (secondary N) is 1. The predicted molar refractivity (Wildman–Crippen MR) is 76.0 cm³/mol. The topological polar surface area (TPSA) is 71.5 Å². The molecule has 0 aromatic carbocycles. The zero-order chi connectivity index (χ0) is 13.4. The number of nitrogens with zero attached hydrogens (tertiary/aromatic N) is 4. The van der Waals surface area contributed by atoms with Gasteiger partial charge in [-0.25, -0.2) is 15.8 Å². The fraction of sp³-hybridized carbons (Fsp3) is 0.538. The van der Waals surface area contributed by atoms with E-state index in [9.17, 15) is 0 Å². The van der Waals surface area contributed by atoms with Gasteiger partial charge in [0.1, 0.15) is 0 Å². The summed E-state index contributed by atoms with van der Waals surface area (Å²) in [5, 5.41) is 0. The Hall–Kier alpha value is -1.82. The van der Waals surface area contributed by atoms with Crippen molar-refractivity contribution in [1.29, 1.82) is 0 Å². The quantitative estimate of drug-likeness (QED) is 0.632. The third kappa shape index (κ3) is 2.23. The lowest BCUT2D eigenvalue weighted by molar-refractivity contribution is 0.355. The smallest absolute Gasteiger partial charge is 0.180 e. The van der Waals surface area contributed by atoms with Gasteiger partial charge in [-0.05, 0) is 18.3 Å². The molecule has 3 N–H and O–H groups in total. The lowest BCUT2D eigenvalue weighted by atomic mass is 9.92. The average molecular weight is 260 g/mol. The van der Waals surface area contributed by atoms with E-state index in [0.717, 1.165) is 24.6 Å². The van der Waals surface area contributed by atoms with Crippen molar-refractivity contribution in [3.8, 4) is 0 Å². The molecule has 3 rings (SSSR count). The van der Waals surface area contributed by atoms with Crippen LogP contribution in [0.5, 0.6) is 0 Å². The highest BCUT2D eigenvalue weighted by molar-refractivity contribution is 5.67. The van der Waals surface area contributed by atoms with E-state index >= 15 is 0 Å². The molecule has 1 aliphatic heterocycles. The van der Waals surface area contributed by atoms with E-state index in [1.807, 2.05) is 16.8 Å². The molecule has 1 saturated heterocycles. The highest BCUT2D eigenvalue weighted by Gasteiger charge is 2.25. The van der Waals surface area contributed by atoms with E-state index in [1.54, 1.807) is 6.20 Å². The first kappa shape index (κ1) is 12.2. The van der Waals surface area contributed by atoms with Gasteiger partial charge in [0.15, 0.2) is 17.3 Å². The lowest BCUT2D eigenvalue weighted by Crippen LogP contribution is -2.39. The first-order valence-corrected chi connectivity index (χ1v) is 6.72. The number of fused-ring (bicyclic) bond motifs is 1. The molecule has 0 aliphatic carbocycles. The van der Waals surface area contributed by atoms with Crippen molar-refractivity contribution in [2.24, 2.45) is 17.7 Å². The molecule has 6 heteroatoms. The fourth-order valence-electron chi connectivity index (χ4n) is 3.03. The number of hydrazine groups is 1. The molecule has 1 fully saturated rings. The standard InChI is InChI=1S/C13H20N6/c1-9-5-10(2)7-19(6-9)13-12-15-3-4-18(12)8-11(16-13)17-14/h3-4,8-10,17H,5-7,14H2,1-2H3. The summed E-state index contributed by atoms with van der Waals surface area (Å²) in [6.07, 6.45) is 6.83. The predicted octanol–water partition coefficient (Wildman–Crippen LogP) is 1.50. The second kappa shape index (κ2) is 4.70. The zero-order valence-corrected chi connectivity index (χ0v) is 11.4. The number of rotatable bonds is 2. The second-order valence-corrected chi connectivity index (χ2v) is 5.60. The van der Waals surface area contributed by atoms with E-state index in [4.69, 9.17) is 5.84 Å². The van der Waals surface area contributed by atoms with Gasteiger partial charge in [-0.1, -0.05) is 13.8 Å². The Balaban J connectivity index is 2.05. The monoisotopic (exact) mass is 260 g/mol. The van der Waals surface area contributed by atoms with Gasteiger partial charge >= 0.3 is 0 Å². The highest BCUT2D eigenvalue weighted by atomic mass is 15.3. The van der Waals surface area contributed by atoms with Crippen molar-refractivity contribution >= 4 is 17.3 Å². The van der Waals surface area contributed by atoms with Crippen LogP contribution in [0.3, 0.4) is 0 Å². The van der Waals surface area contributed by atoms with Crippen molar-refractivity contribution in [3.63, 3.8) is 0 Å². The average Bonchev–Trinajstić information content (AvgIpc) is 2.84. The van der Waals surface area contributed by atoms with Crippen molar-refractivity contribution in [2.45, 2.75) is 20.3 Å². The van der Waals surface area contributed by atoms with Crippen LogP contribution < -0.4 is 16.2 Å². The van der Waals surface area contributed by atoms with E-state index in [1.165, 1.54) is 6.42 Å². The molecule has 3 heterocycles. The summed E-state index contributed by atoms with van der Waals surface area (Å²) < 4.78 is 1.96. The molecule has 102 valence electrons. The molecule has 1 aliphatic rings. The molecule has 0 bridgehead atoms. The number of hydrogen-bond acceptors (Lipinski definition) is 5. The third-order valence-electron chi connectivity index (χ3n) is 3.67. The van der Waals surface area contributed by atoms with E-state index < -0.39 is 0 Å². The van der Waals surface area contributed by atoms with Crippen LogP contribution in [0.15, 0.2) is 18.6 Å². The van der Waals surface area contributed by atoms with Crippen LogP contribution in [0.1, 0.15) is 20.3 Å². The summed E-state index contributed by atoms with van der Waals surface area (Å²) in [5.41, 5.74) is 3.51. The van der Waals surface area contributed by atoms with Crippen LogP contribution in [0.4, 0.5) is 11.6 Å². The van der Waals surface area contributed by atoms with Gasteiger partial charge in [-0.3, -0.25) is 0 Å².